The molecule has 2 aromatic rings. The van der Waals surface area contributed by atoms with E-state index in [9.17, 15) is 14.4 Å². The minimum atomic E-state index is -1.18. The molecule has 0 aliphatic carbocycles. The molecule has 0 bridgehead atoms. The van der Waals surface area contributed by atoms with Gasteiger partial charge in [0.25, 0.3) is 11.8 Å². The second kappa shape index (κ2) is 13.3. The Hall–Kier alpha value is -3.50. The van der Waals surface area contributed by atoms with Crippen molar-refractivity contribution >= 4 is 35.2 Å². The van der Waals surface area contributed by atoms with Gasteiger partial charge >= 0.3 is 6.09 Å². The zero-order valence-corrected chi connectivity index (χ0v) is 24.0. The molecule has 204 valence electrons. The third kappa shape index (κ3) is 8.00. The molecular weight excluding hydrogens is 502 g/mol. The van der Waals surface area contributed by atoms with Crippen LogP contribution < -0.4 is 10.6 Å². The van der Waals surface area contributed by atoms with E-state index in [1.54, 1.807) is 45.0 Å². The first-order chi connectivity index (χ1) is 17.8. The lowest BCUT2D eigenvalue weighted by atomic mass is 9.95. The van der Waals surface area contributed by atoms with Crippen molar-refractivity contribution in [2.75, 3.05) is 5.32 Å². The fraction of sp³-hybridized carbons (Fsp3) is 0.433. The van der Waals surface area contributed by atoms with Gasteiger partial charge in [-0.3, -0.25) is 14.5 Å². The summed E-state index contributed by atoms with van der Waals surface area (Å²) in [6, 6.07) is 12.8. The maximum Gasteiger partial charge on any atom is 0.408 e. The number of amides is 3. The second-order valence-electron chi connectivity index (χ2n) is 10.3. The van der Waals surface area contributed by atoms with Gasteiger partial charge in [-0.1, -0.05) is 81.6 Å². The van der Waals surface area contributed by atoms with Crippen molar-refractivity contribution in [1.82, 2.24) is 10.2 Å². The number of nitrogens with zero attached hydrogens (tertiary/aromatic N) is 1. The van der Waals surface area contributed by atoms with Crippen molar-refractivity contribution in [1.29, 1.82) is 0 Å². The van der Waals surface area contributed by atoms with E-state index in [1.165, 1.54) is 0 Å². The first kappa shape index (κ1) is 30.7. The number of hydrogen-bond acceptors (Lipinski definition) is 4. The molecule has 2 aromatic carbocycles. The van der Waals surface area contributed by atoms with Gasteiger partial charge in [-0.05, 0) is 62.8 Å². The Morgan fingerprint density at radius 3 is 2.24 bits per heavy atom. The minimum Gasteiger partial charge on any atom is -0.444 e. The van der Waals surface area contributed by atoms with Crippen LogP contribution >= 0.6 is 11.6 Å². The molecule has 0 aromatic heterocycles. The molecule has 0 aliphatic rings. The third-order valence-corrected chi connectivity index (χ3v) is 6.52. The van der Waals surface area contributed by atoms with Gasteiger partial charge in [0.05, 0.1) is 10.7 Å². The quantitative estimate of drug-likeness (QED) is 0.291. The predicted octanol–water partition coefficient (Wildman–Crippen LogP) is 6.25. The first-order valence-electron chi connectivity index (χ1n) is 12.8. The lowest BCUT2D eigenvalue weighted by molar-refractivity contribution is -0.137. The number of nitrogens with one attached hydrogen (secondary N) is 2. The van der Waals surface area contributed by atoms with Gasteiger partial charge in [-0.2, -0.15) is 0 Å². The van der Waals surface area contributed by atoms with Crippen molar-refractivity contribution in [2.45, 2.75) is 79.0 Å². The molecule has 0 fully saturated rings. The van der Waals surface area contributed by atoms with Gasteiger partial charge in [0, 0.05) is 6.04 Å². The highest BCUT2D eigenvalue weighted by atomic mass is 35.5. The molecular formula is C30H38ClN3O4. The summed E-state index contributed by atoms with van der Waals surface area (Å²) in [4.78, 5) is 41.3. The molecule has 3 unspecified atom stereocenters. The number of anilines is 1. The Morgan fingerprint density at radius 2 is 1.74 bits per heavy atom. The number of terminal acetylenes is 1. The van der Waals surface area contributed by atoms with Crippen LogP contribution in [0.15, 0.2) is 42.5 Å². The van der Waals surface area contributed by atoms with Gasteiger partial charge in [-0.25, -0.2) is 4.79 Å². The summed E-state index contributed by atoms with van der Waals surface area (Å²) >= 11 is 6.36. The molecule has 2 rings (SSSR count). The number of aryl methyl sites for hydroxylation is 2. The molecule has 38 heavy (non-hydrogen) atoms. The van der Waals surface area contributed by atoms with Gasteiger partial charge in [0.2, 0.25) is 0 Å². The number of alkyl carbamates (subject to hydrolysis) is 1. The number of para-hydroxylation sites is 1. The molecule has 3 atom stereocenters. The van der Waals surface area contributed by atoms with E-state index in [0.717, 1.165) is 22.4 Å². The molecule has 8 heteroatoms. The smallest absolute Gasteiger partial charge is 0.408 e. The van der Waals surface area contributed by atoms with Crippen molar-refractivity contribution in [3.63, 3.8) is 0 Å². The second-order valence-corrected chi connectivity index (χ2v) is 10.7. The van der Waals surface area contributed by atoms with E-state index >= 15 is 0 Å². The molecule has 7 nitrogen and oxygen atoms in total. The summed E-state index contributed by atoms with van der Waals surface area (Å²) in [5.74, 6) is -1.41. The first-order valence-corrected chi connectivity index (χ1v) is 13.1. The molecule has 0 saturated heterocycles. The van der Waals surface area contributed by atoms with E-state index in [4.69, 9.17) is 22.8 Å². The zero-order valence-electron chi connectivity index (χ0n) is 23.2. The van der Waals surface area contributed by atoms with Crippen molar-refractivity contribution in [2.24, 2.45) is 5.92 Å². The fourth-order valence-electron chi connectivity index (χ4n) is 3.87. The van der Waals surface area contributed by atoms with Crippen molar-refractivity contribution in [3.05, 3.63) is 64.2 Å². The van der Waals surface area contributed by atoms with Gasteiger partial charge < -0.3 is 15.4 Å². The Bertz CT molecular complexity index is 1160. The van der Waals surface area contributed by atoms with E-state index < -0.39 is 35.6 Å². The highest BCUT2D eigenvalue weighted by Gasteiger charge is 2.38. The van der Waals surface area contributed by atoms with Crippen molar-refractivity contribution in [3.8, 4) is 12.5 Å². The Labute approximate surface area is 231 Å². The number of benzene rings is 2. The predicted molar refractivity (Wildman–Crippen MR) is 152 cm³/mol. The van der Waals surface area contributed by atoms with Gasteiger partial charge in [0.1, 0.15) is 17.7 Å². The standard InChI is InChI=1S/C30H38ClN3O4/c1-9-19(4)25(33-29(37)38-30(6,7)8)28(36)34(11-3)26(22-17-15-21(10-2)16-18-22)27(35)32-24-20(5)13-12-14-23(24)31/h3,12-19,25-26H,9-10H2,1-2,4-8H3,(H,32,35)(H,33,37). The van der Waals surface area contributed by atoms with Gasteiger partial charge in [0.15, 0.2) is 0 Å². The molecule has 3 amide bonds. The van der Waals surface area contributed by atoms with Crippen LogP contribution in [0.2, 0.25) is 5.02 Å². The number of carbonyl (C=O) groups is 3. The lowest BCUT2D eigenvalue weighted by Crippen LogP contribution is -2.53. The molecule has 0 spiro atoms. The Balaban J connectivity index is 2.53. The number of rotatable bonds is 9. The van der Waals surface area contributed by atoms with E-state index in [-0.39, 0.29) is 5.92 Å². The van der Waals surface area contributed by atoms with Crippen LogP contribution in [-0.2, 0) is 20.7 Å². The number of halogens is 1. The fourth-order valence-corrected chi connectivity index (χ4v) is 4.14. The molecule has 2 N–H and O–H groups in total. The summed E-state index contributed by atoms with van der Waals surface area (Å²) in [7, 11) is 0. The van der Waals surface area contributed by atoms with Crippen LogP contribution in [0.3, 0.4) is 0 Å². The van der Waals surface area contributed by atoms with E-state index in [2.05, 4.69) is 16.7 Å². The topological polar surface area (TPSA) is 87.7 Å². The lowest BCUT2D eigenvalue weighted by Gasteiger charge is -2.32. The molecule has 0 aliphatic heterocycles. The summed E-state index contributed by atoms with van der Waals surface area (Å²) in [5, 5.41) is 5.89. The summed E-state index contributed by atoms with van der Waals surface area (Å²) < 4.78 is 5.38. The summed E-state index contributed by atoms with van der Waals surface area (Å²) in [5.41, 5.74) is 2.03. The third-order valence-electron chi connectivity index (χ3n) is 6.21. The highest BCUT2D eigenvalue weighted by molar-refractivity contribution is 6.34. The molecule has 0 heterocycles. The van der Waals surface area contributed by atoms with Crippen LogP contribution in [-0.4, -0.2) is 34.5 Å². The van der Waals surface area contributed by atoms with E-state index in [0.29, 0.717) is 22.7 Å². The Kier molecular flexibility index (Phi) is 10.8. The zero-order chi connectivity index (χ0) is 28.6. The molecule has 0 saturated carbocycles. The number of ether oxygens (including phenoxy) is 1. The monoisotopic (exact) mass is 539 g/mol. The largest absolute Gasteiger partial charge is 0.444 e. The summed E-state index contributed by atoms with van der Waals surface area (Å²) in [6.07, 6.45) is 6.52. The Morgan fingerprint density at radius 1 is 1.11 bits per heavy atom. The van der Waals surface area contributed by atoms with Crippen LogP contribution in [0.5, 0.6) is 0 Å². The molecule has 0 radical (unpaired) electrons. The van der Waals surface area contributed by atoms with Crippen LogP contribution in [0, 0.1) is 25.3 Å². The average molecular weight is 540 g/mol. The van der Waals surface area contributed by atoms with Crippen LogP contribution in [0.1, 0.15) is 70.7 Å². The van der Waals surface area contributed by atoms with E-state index in [1.807, 2.05) is 45.9 Å². The number of hydrogen-bond donors (Lipinski definition) is 2. The average Bonchev–Trinajstić information content (AvgIpc) is 2.86. The minimum absolute atomic E-state index is 0.289. The van der Waals surface area contributed by atoms with Crippen molar-refractivity contribution < 1.29 is 19.1 Å². The highest BCUT2D eigenvalue weighted by Crippen LogP contribution is 2.30. The normalized spacial score (nSPS) is 13.4. The van der Waals surface area contributed by atoms with Crippen LogP contribution in [0.25, 0.3) is 0 Å². The van der Waals surface area contributed by atoms with Crippen LogP contribution in [0.4, 0.5) is 10.5 Å². The SMILES string of the molecule is C#CN(C(=O)C(NC(=O)OC(C)(C)C)C(C)CC)C(C(=O)Nc1c(C)cccc1Cl)c1ccc(CC)cc1. The number of carbonyl (C=O) groups excluding carboxylic acids is 3. The maximum atomic E-state index is 13.9. The maximum absolute atomic E-state index is 13.9. The summed E-state index contributed by atoms with van der Waals surface area (Å²) in [6.45, 7) is 12.8. The van der Waals surface area contributed by atoms with Gasteiger partial charge in [-0.15, -0.1) is 0 Å².